The lowest BCUT2D eigenvalue weighted by Gasteiger charge is -2.30. The molecule has 0 aliphatic carbocycles. The molecule has 0 unspecified atom stereocenters. The molecular formula is C17H28N3S+. The van der Waals surface area contributed by atoms with Crippen molar-refractivity contribution in [3.63, 3.8) is 0 Å². The van der Waals surface area contributed by atoms with Gasteiger partial charge >= 0.3 is 0 Å². The Morgan fingerprint density at radius 3 is 2.67 bits per heavy atom. The molecule has 4 heteroatoms. The first-order chi connectivity index (χ1) is 10.1. The number of quaternary nitrogens is 1. The highest BCUT2D eigenvalue weighted by molar-refractivity contribution is 7.80. The Balaban J connectivity index is 1.81. The van der Waals surface area contributed by atoms with E-state index in [2.05, 4.69) is 49.6 Å². The highest BCUT2D eigenvalue weighted by Gasteiger charge is 2.21. The number of nitrogens with one attached hydrogen (secondary N) is 3. The van der Waals surface area contributed by atoms with Crippen molar-refractivity contribution in [1.29, 1.82) is 0 Å². The van der Waals surface area contributed by atoms with Crippen LogP contribution in [-0.4, -0.2) is 30.8 Å². The molecule has 3 N–H and O–H groups in total. The van der Waals surface area contributed by atoms with E-state index in [0.717, 1.165) is 10.8 Å². The Hall–Kier alpha value is -1.13. The van der Waals surface area contributed by atoms with Crippen LogP contribution in [0.3, 0.4) is 0 Å². The summed E-state index contributed by atoms with van der Waals surface area (Å²) in [4.78, 5) is 1.74. The van der Waals surface area contributed by atoms with Crippen LogP contribution < -0.4 is 15.5 Å². The fourth-order valence-corrected chi connectivity index (χ4v) is 3.26. The Morgan fingerprint density at radius 2 is 2.00 bits per heavy atom. The van der Waals surface area contributed by atoms with Gasteiger partial charge in [0.25, 0.3) is 0 Å². The molecule has 116 valence electrons. The molecule has 1 aromatic rings. The van der Waals surface area contributed by atoms with Gasteiger partial charge in [-0.25, -0.2) is 0 Å². The Labute approximate surface area is 134 Å². The number of anilines is 1. The summed E-state index contributed by atoms with van der Waals surface area (Å²) in [5.41, 5.74) is 3.59. The number of rotatable bonds is 4. The van der Waals surface area contributed by atoms with E-state index in [4.69, 9.17) is 12.2 Å². The van der Waals surface area contributed by atoms with Crippen LogP contribution in [0.15, 0.2) is 18.2 Å². The molecule has 0 spiro atoms. The third-order valence-electron chi connectivity index (χ3n) is 4.27. The standard InChI is InChI=1S/C17H27N3S/c1-4-9-20-10-7-15(8-11-20)18-17(21)19-16-12-13(2)5-6-14(16)3/h5-6,12,15H,4,7-11H2,1-3H3,(H2,18,19,21)/p+1. The molecule has 0 radical (unpaired) electrons. The summed E-state index contributed by atoms with van der Waals surface area (Å²) in [5.74, 6) is 0. The van der Waals surface area contributed by atoms with Gasteiger partial charge in [-0.1, -0.05) is 19.1 Å². The molecule has 2 rings (SSSR count). The molecule has 1 aliphatic heterocycles. The fraction of sp³-hybridized carbons (Fsp3) is 0.588. The third kappa shape index (κ3) is 4.97. The third-order valence-corrected chi connectivity index (χ3v) is 4.49. The molecule has 1 aliphatic rings. The first-order valence-electron chi connectivity index (χ1n) is 8.07. The number of thiocarbonyl (C=S) groups is 1. The van der Waals surface area contributed by atoms with Crippen LogP contribution in [-0.2, 0) is 0 Å². The molecule has 0 amide bonds. The number of piperidine rings is 1. The minimum Gasteiger partial charge on any atom is -0.359 e. The van der Waals surface area contributed by atoms with Gasteiger partial charge in [0.2, 0.25) is 0 Å². The van der Waals surface area contributed by atoms with Crippen LogP contribution in [0.5, 0.6) is 0 Å². The lowest BCUT2D eigenvalue weighted by Crippen LogP contribution is -3.13. The molecule has 0 atom stereocenters. The van der Waals surface area contributed by atoms with E-state index in [1.807, 2.05) is 0 Å². The maximum atomic E-state index is 5.47. The monoisotopic (exact) mass is 306 g/mol. The summed E-state index contributed by atoms with van der Waals surface area (Å²) in [5, 5.41) is 7.59. The van der Waals surface area contributed by atoms with Crippen molar-refractivity contribution in [3.8, 4) is 0 Å². The van der Waals surface area contributed by atoms with Gasteiger partial charge in [-0.15, -0.1) is 0 Å². The van der Waals surface area contributed by atoms with Gasteiger partial charge in [-0.3, -0.25) is 0 Å². The van der Waals surface area contributed by atoms with Crippen LogP contribution in [0, 0.1) is 13.8 Å². The van der Waals surface area contributed by atoms with Crippen molar-refractivity contribution in [2.75, 3.05) is 25.0 Å². The Bertz CT molecular complexity index is 479. The number of likely N-dealkylation sites (tertiary alicyclic amines) is 1. The summed E-state index contributed by atoms with van der Waals surface area (Å²) >= 11 is 5.47. The van der Waals surface area contributed by atoms with Gasteiger partial charge in [0, 0.05) is 24.6 Å². The van der Waals surface area contributed by atoms with E-state index in [0.29, 0.717) is 6.04 Å². The maximum absolute atomic E-state index is 5.47. The average Bonchev–Trinajstić information content (AvgIpc) is 2.45. The van der Waals surface area contributed by atoms with Crippen molar-refractivity contribution in [2.24, 2.45) is 0 Å². The van der Waals surface area contributed by atoms with Crippen LogP contribution in [0.2, 0.25) is 0 Å². The summed E-state index contributed by atoms with van der Waals surface area (Å²) in [6.07, 6.45) is 3.70. The molecule has 0 saturated carbocycles. The van der Waals surface area contributed by atoms with Gasteiger partial charge in [-0.05, 0) is 49.7 Å². The second-order valence-electron chi connectivity index (χ2n) is 6.19. The normalized spacial score (nSPS) is 21.9. The smallest absolute Gasteiger partial charge is 0.171 e. The molecule has 0 aromatic heterocycles. The zero-order chi connectivity index (χ0) is 15.2. The van der Waals surface area contributed by atoms with Gasteiger partial charge in [0.05, 0.1) is 19.6 Å². The summed E-state index contributed by atoms with van der Waals surface area (Å²) < 4.78 is 0. The van der Waals surface area contributed by atoms with Gasteiger partial charge < -0.3 is 15.5 Å². The van der Waals surface area contributed by atoms with E-state index < -0.39 is 0 Å². The molecule has 3 nitrogen and oxygen atoms in total. The average molecular weight is 306 g/mol. The number of hydrogen-bond donors (Lipinski definition) is 3. The number of hydrogen-bond acceptors (Lipinski definition) is 1. The summed E-state index contributed by atoms with van der Waals surface area (Å²) in [7, 11) is 0. The lowest BCUT2D eigenvalue weighted by atomic mass is 10.1. The molecule has 1 saturated heterocycles. The van der Waals surface area contributed by atoms with Crippen LogP contribution in [0.25, 0.3) is 0 Å². The molecule has 21 heavy (non-hydrogen) atoms. The van der Waals surface area contributed by atoms with Crippen molar-refractivity contribution in [1.82, 2.24) is 5.32 Å². The van der Waals surface area contributed by atoms with E-state index in [1.54, 1.807) is 4.90 Å². The van der Waals surface area contributed by atoms with E-state index >= 15 is 0 Å². The second-order valence-corrected chi connectivity index (χ2v) is 6.60. The maximum Gasteiger partial charge on any atom is 0.171 e. The van der Waals surface area contributed by atoms with Crippen molar-refractivity contribution in [2.45, 2.75) is 46.1 Å². The van der Waals surface area contributed by atoms with Gasteiger partial charge in [0.1, 0.15) is 0 Å². The molecular weight excluding hydrogens is 278 g/mol. The SMILES string of the molecule is CCC[NH+]1CCC(NC(=S)Nc2cc(C)ccc2C)CC1. The lowest BCUT2D eigenvalue weighted by molar-refractivity contribution is -0.905. The Kier molecular flexibility index (Phi) is 6.00. The van der Waals surface area contributed by atoms with Crippen molar-refractivity contribution >= 4 is 23.0 Å². The van der Waals surface area contributed by atoms with E-state index in [1.165, 1.54) is 50.0 Å². The molecule has 1 aromatic carbocycles. The van der Waals surface area contributed by atoms with Crippen LogP contribution >= 0.6 is 12.2 Å². The quantitative estimate of drug-likeness (QED) is 0.744. The topological polar surface area (TPSA) is 28.5 Å². The number of aryl methyl sites for hydroxylation is 2. The van der Waals surface area contributed by atoms with Crippen molar-refractivity contribution < 1.29 is 4.90 Å². The van der Waals surface area contributed by atoms with Gasteiger partial charge in [0.15, 0.2) is 5.11 Å². The highest BCUT2D eigenvalue weighted by atomic mass is 32.1. The highest BCUT2D eigenvalue weighted by Crippen LogP contribution is 2.16. The van der Waals surface area contributed by atoms with Gasteiger partial charge in [-0.2, -0.15) is 0 Å². The first kappa shape index (κ1) is 16.2. The van der Waals surface area contributed by atoms with Crippen LogP contribution in [0.1, 0.15) is 37.3 Å². The minimum atomic E-state index is 0.524. The van der Waals surface area contributed by atoms with E-state index in [-0.39, 0.29) is 0 Å². The summed E-state index contributed by atoms with van der Waals surface area (Å²) in [6, 6.07) is 6.93. The van der Waals surface area contributed by atoms with Crippen molar-refractivity contribution in [3.05, 3.63) is 29.3 Å². The summed E-state index contributed by atoms with van der Waals surface area (Å²) in [6.45, 7) is 10.3. The predicted octanol–water partition coefficient (Wildman–Crippen LogP) is 2.05. The predicted molar refractivity (Wildman–Crippen MR) is 94.1 cm³/mol. The fourth-order valence-electron chi connectivity index (χ4n) is 2.99. The van der Waals surface area contributed by atoms with Crippen LogP contribution in [0.4, 0.5) is 5.69 Å². The molecule has 1 fully saturated rings. The molecule has 1 heterocycles. The molecule has 0 bridgehead atoms. The number of benzene rings is 1. The largest absolute Gasteiger partial charge is 0.359 e. The minimum absolute atomic E-state index is 0.524. The second kappa shape index (κ2) is 7.76. The van der Waals surface area contributed by atoms with E-state index in [9.17, 15) is 0 Å². The zero-order valence-corrected chi connectivity index (χ0v) is 14.3. The zero-order valence-electron chi connectivity index (χ0n) is 13.5. The Morgan fingerprint density at radius 1 is 1.29 bits per heavy atom. The first-order valence-corrected chi connectivity index (χ1v) is 8.47.